The number of carboxylic acid groups (broad SMARTS) is 1. The lowest BCUT2D eigenvalue weighted by atomic mass is 9.91. The van der Waals surface area contributed by atoms with E-state index in [2.05, 4.69) is 38.7 Å². The molecule has 2 aliphatic carbocycles. The zero-order chi connectivity index (χ0) is 14.1. The molecule has 4 nitrogen and oxygen atoms in total. The van der Waals surface area contributed by atoms with Crippen molar-refractivity contribution in [2.24, 2.45) is 0 Å². The highest BCUT2D eigenvalue weighted by Crippen LogP contribution is 2.45. The van der Waals surface area contributed by atoms with Gasteiger partial charge < -0.3 is 15.7 Å². The van der Waals surface area contributed by atoms with E-state index in [0.29, 0.717) is 18.0 Å². The van der Waals surface area contributed by atoms with Crippen LogP contribution in [0.1, 0.15) is 42.9 Å². The Hall–Kier alpha value is -0.590. The quantitative estimate of drug-likeness (QED) is 0.771. The molecule has 3 N–H and O–H groups in total. The van der Waals surface area contributed by atoms with Crippen LogP contribution in [0.3, 0.4) is 0 Å². The minimum absolute atomic E-state index is 0.147. The Kier molecular flexibility index (Phi) is 4.33. The summed E-state index contributed by atoms with van der Waals surface area (Å²) in [5.74, 6) is 0.682. The molecule has 2 unspecified atom stereocenters. The van der Waals surface area contributed by atoms with E-state index in [1.807, 2.05) is 11.3 Å². The van der Waals surface area contributed by atoms with E-state index in [4.69, 9.17) is 5.11 Å². The van der Waals surface area contributed by atoms with Gasteiger partial charge in [-0.15, -0.1) is 11.3 Å². The van der Waals surface area contributed by atoms with E-state index in [1.54, 1.807) is 0 Å². The lowest BCUT2D eigenvalue weighted by Crippen LogP contribution is -2.42. The van der Waals surface area contributed by atoms with Crippen LogP contribution in [0.2, 0.25) is 0 Å². The molecule has 0 radical (unpaired) electrons. The molecule has 0 aliphatic heterocycles. The molecule has 0 aromatic carbocycles. The first-order valence-corrected chi connectivity index (χ1v) is 8.73. The van der Waals surface area contributed by atoms with Crippen LogP contribution in [0.5, 0.6) is 0 Å². The first-order valence-electron chi connectivity index (χ1n) is 7.12. The fourth-order valence-corrected chi connectivity index (χ4v) is 4.71. The van der Waals surface area contributed by atoms with Crippen molar-refractivity contribution in [2.45, 2.75) is 56.1 Å². The molecule has 6 heteroatoms. The van der Waals surface area contributed by atoms with E-state index in [1.165, 1.54) is 15.1 Å². The van der Waals surface area contributed by atoms with Crippen molar-refractivity contribution >= 4 is 33.4 Å². The first-order chi connectivity index (χ1) is 9.61. The third-order valence-corrected chi connectivity index (χ3v) is 6.01. The van der Waals surface area contributed by atoms with Crippen LogP contribution in [0.15, 0.2) is 15.9 Å². The lowest BCUT2D eigenvalue weighted by molar-refractivity contribution is 0.183. The van der Waals surface area contributed by atoms with Crippen molar-refractivity contribution in [3.8, 4) is 0 Å². The summed E-state index contributed by atoms with van der Waals surface area (Å²) in [7, 11) is 0. The number of rotatable bonds is 4. The van der Waals surface area contributed by atoms with Crippen molar-refractivity contribution in [3.63, 3.8) is 0 Å². The number of carbonyl (C=O) groups is 1. The summed E-state index contributed by atoms with van der Waals surface area (Å²) in [4.78, 5) is 12.1. The number of nitrogens with one attached hydrogen (secondary N) is 2. The van der Waals surface area contributed by atoms with Crippen LogP contribution in [-0.4, -0.2) is 29.3 Å². The maximum atomic E-state index is 10.6. The lowest BCUT2D eigenvalue weighted by Gasteiger charge is -2.29. The zero-order valence-corrected chi connectivity index (χ0v) is 13.5. The molecular weight excluding hydrogens is 340 g/mol. The summed E-state index contributed by atoms with van der Waals surface area (Å²) >= 11 is 5.35. The standard InChI is InChI=1S/C14H19BrN2O2S/c15-13-6-5-12(20-13)10-7-11(10)16-8-1-3-9(4-2-8)17-14(18)19/h5-6,8-11,16-17H,1-4,7H2,(H,18,19). The molecule has 2 saturated carbocycles. The molecule has 0 bridgehead atoms. The number of halogens is 1. The van der Waals surface area contributed by atoms with Gasteiger partial charge in [-0.2, -0.15) is 0 Å². The van der Waals surface area contributed by atoms with E-state index in [-0.39, 0.29) is 6.04 Å². The van der Waals surface area contributed by atoms with Gasteiger partial charge in [-0.3, -0.25) is 0 Å². The third-order valence-electron chi connectivity index (χ3n) is 4.25. The topological polar surface area (TPSA) is 61.4 Å². The van der Waals surface area contributed by atoms with Gasteiger partial charge in [0.1, 0.15) is 0 Å². The zero-order valence-electron chi connectivity index (χ0n) is 11.1. The molecule has 3 rings (SSSR count). The van der Waals surface area contributed by atoms with E-state index >= 15 is 0 Å². The average molecular weight is 359 g/mol. The number of hydrogen-bond acceptors (Lipinski definition) is 3. The third kappa shape index (κ3) is 3.54. The van der Waals surface area contributed by atoms with Crippen LogP contribution < -0.4 is 10.6 Å². The van der Waals surface area contributed by atoms with Crippen LogP contribution in [0.4, 0.5) is 4.79 Å². The Labute approximate surface area is 131 Å². The molecule has 1 aromatic heterocycles. The number of hydrogen-bond donors (Lipinski definition) is 3. The van der Waals surface area contributed by atoms with Crippen LogP contribution >= 0.6 is 27.3 Å². The Morgan fingerprint density at radius 3 is 2.55 bits per heavy atom. The fraction of sp³-hybridized carbons (Fsp3) is 0.643. The van der Waals surface area contributed by atoms with E-state index in [9.17, 15) is 4.79 Å². The second-order valence-corrected chi connectivity index (χ2v) is 8.25. The Morgan fingerprint density at radius 2 is 1.95 bits per heavy atom. The summed E-state index contributed by atoms with van der Waals surface area (Å²) in [5.41, 5.74) is 0. The predicted molar refractivity (Wildman–Crippen MR) is 83.5 cm³/mol. The monoisotopic (exact) mass is 358 g/mol. The minimum atomic E-state index is -0.896. The van der Waals surface area contributed by atoms with E-state index in [0.717, 1.165) is 25.7 Å². The van der Waals surface area contributed by atoms with Crippen molar-refractivity contribution in [1.82, 2.24) is 10.6 Å². The summed E-state index contributed by atoms with van der Waals surface area (Å²) in [6, 6.07) is 5.66. The second kappa shape index (κ2) is 6.03. The molecule has 1 heterocycles. The fourth-order valence-electron chi connectivity index (χ4n) is 3.10. The van der Waals surface area contributed by atoms with Crippen molar-refractivity contribution in [2.75, 3.05) is 0 Å². The largest absolute Gasteiger partial charge is 0.465 e. The van der Waals surface area contributed by atoms with Gasteiger partial charge in [-0.05, 0) is 60.2 Å². The van der Waals surface area contributed by atoms with Crippen molar-refractivity contribution in [1.29, 1.82) is 0 Å². The normalized spacial score (nSPS) is 32.9. The van der Waals surface area contributed by atoms with Gasteiger partial charge in [0, 0.05) is 28.9 Å². The molecule has 0 spiro atoms. The molecule has 1 amide bonds. The Morgan fingerprint density at radius 1 is 1.25 bits per heavy atom. The van der Waals surface area contributed by atoms with Crippen molar-refractivity contribution < 1.29 is 9.90 Å². The number of thiophene rings is 1. The summed E-state index contributed by atoms with van der Waals surface area (Å²) in [6.45, 7) is 0. The first kappa shape index (κ1) is 14.4. The van der Waals surface area contributed by atoms with Gasteiger partial charge in [-0.1, -0.05) is 0 Å². The van der Waals surface area contributed by atoms with Gasteiger partial charge >= 0.3 is 6.09 Å². The van der Waals surface area contributed by atoms with E-state index < -0.39 is 6.09 Å². The smallest absolute Gasteiger partial charge is 0.404 e. The van der Waals surface area contributed by atoms with Gasteiger partial charge in [0.25, 0.3) is 0 Å². The van der Waals surface area contributed by atoms with Gasteiger partial charge in [0.05, 0.1) is 3.79 Å². The van der Waals surface area contributed by atoms with Crippen LogP contribution in [-0.2, 0) is 0 Å². The number of amides is 1. The molecule has 1 aromatic rings. The highest BCUT2D eigenvalue weighted by Gasteiger charge is 2.40. The highest BCUT2D eigenvalue weighted by molar-refractivity contribution is 9.11. The summed E-state index contributed by atoms with van der Waals surface area (Å²) in [6.07, 6.45) is 4.38. The molecule has 2 fully saturated rings. The molecule has 110 valence electrons. The van der Waals surface area contributed by atoms with Crippen LogP contribution in [0, 0.1) is 0 Å². The van der Waals surface area contributed by atoms with Gasteiger partial charge in [0.15, 0.2) is 0 Å². The minimum Gasteiger partial charge on any atom is -0.465 e. The summed E-state index contributed by atoms with van der Waals surface area (Å²) < 4.78 is 1.21. The van der Waals surface area contributed by atoms with Crippen LogP contribution in [0.25, 0.3) is 0 Å². The maximum absolute atomic E-state index is 10.6. The van der Waals surface area contributed by atoms with Crippen molar-refractivity contribution in [3.05, 3.63) is 20.8 Å². The highest BCUT2D eigenvalue weighted by atomic mass is 79.9. The van der Waals surface area contributed by atoms with Gasteiger partial charge in [-0.25, -0.2) is 4.79 Å². The SMILES string of the molecule is O=C(O)NC1CCC(NC2CC2c2ccc(Br)s2)CC1. The Bertz CT molecular complexity index is 485. The van der Waals surface area contributed by atoms with Gasteiger partial charge in [0.2, 0.25) is 0 Å². The maximum Gasteiger partial charge on any atom is 0.404 e. The average Bonchev–Trinajstić information content (AvgIpc) is 3.03. The molecule has 0 saturated heterocycles. The Balaban J connectivity index is 1.42. The molecule has 2 aliphatic rings. The molecule has 20 heavy (non-hydrogen) atoms. The molecule has 2 atom stereocenters. The predicted octanol–water partition coefficient (Wildman–Crippen LogP) is 3.53. The second-order valence-electron chi connectivity index (χ2n) is 5.76. The molecular formula is C14H19BrN2O2S. The summed E-state index contributed by atoms with van der Waals surface area (Å²) in [5, 5.41) is 15.1.